The summed E-state index contributed by atoms with van der Waals surface area (Å²) in [5.41, 5.74) is 2.00. The number of hydrogen-bond donors (Lipinski definition) is 1. The summed E-state index contributed by atoms with van der Waals surface area (Å²) in [7, 11) is 0. The highest BCUT2D eigenvalue weighted by atomic mass is 16.2. The largest absolute Gasteiger partial charge is 0.338 e. The molecule has 2 bridgehead atoms. The molecule has 7 nitrogen and oxygen atoms in total. The molecule has 0 unspecified atom stereocenters. The Balaban J connectivity index is 1.47. The van der Waals surface area contributed by atoms with Gasteiger partial charge in [-0.2, -0.15) is 0 Å². The number of hydrogen-bond acceptors (Lipinski definition) is 5. The molecular formula is C21H27N5O2. The number of carbonyl (C=O) groups is 1. The lowest BCUT2D eigenvalue weighted by atomic mass is 9.94. The number of aromatic nitrogens is 3. The van der Waals surface area contributed by atoms with Gasteiger partial charge in [0.15, 0.2) is 0 Å². The lowest BCUT2D eigenvalue weighted by Gasteiger charge is -2.36. The Morgan fingerprint density at radius 2 is 2.07 bits per heavy atom. The molecule has 1 amide bonds. The third-order valence-electron chi connectivity index (χ3n) is 5.89. The molecular weight excluding hydrogens is 354 g/mol. The van der Waals surface area contributed by atoms with Gasteiger partial charge in [0, 0.05) is 49.7 Å². The van der Waals surface area contributed by atoms with Crippen molar-refractivity contribution >= 4 is 5.91 Å². The summed E-state index contributed by atoms with van der Waals surface area (Å²) in [5.74, 6) is 1.09. The van der Waals surface area contributed by atoms with Crippen molar-refractivity contribution in [1.82, 2.24) is 24.8 Å². The number of H-pyrrole nitrogens is 1. The van der Waals surface area contributed by atoms with Crippen molar-refractivity contribution in [1.29, 1.82) is 0 Å². The predicted octanol–water partition coefficient (Wildman–Crippen LogP) is 1.45. The van der Waals surface area contributed by atoms with Crippen LogP contribution >= 0.6 is 0 Å². The molecule has 1 N–H and O–H groups in total. The molecule has 3 aliphatic heterocycles. The fourth-order valence-electron chi connectivity index (χ4n) is 4.55. The Kier molecular flexibility index (Phi) is 5.26. The van der Waals surface area contributed by atoms with Gasteiger partial charge in [0.2, 0.25) is 5.91 Å². The van der Waals surface area contributed by atoms with Crippen molar-refractivity contribution in [3.05, 3.63) is 57.5 Å². The second-order valence-corrected chi connectivity index (χ2v) is 8.05. The van der Waals surface area contributed by atoms with E-state index in [0.717, 1.165) is 44.7 Å². The summed E-state index contributed by atoms with van der Waals surface area (Å²) in [6, 6.07) is 6.20. The number of rotatable bonds is 4. The minimum absolute atomic E-state index is 0.0358. The quantitative estimate of drug-likeness (QED) is 0.867. The van der Waals surface area contributed by atoms with Gasteiger partial charge in [-0.3, -0.25) is 19.5 Å². The molecule has 0 aliphatic carbocycles. The second kappa shape index (κ2) is 7.83. The van der Waals surface area contributed by atoms with Gasteiger partial charge in [0.25, 0.3) is 5.56 Å². The van der Waals surface area contributed by atoms with E-state index in [9.17, 15) is 9.59 Å². The van der Waals surface area contributed by atoms with E-state index in [1.807, 2.05) is 23.2 Å². The highest BCUT2D eigenvalue weighted by Crippen LogP contribution is 2.29. The molecule has 28 heavy (non-hydrogen) atoms. The Morgan fingerprint density at radius 1 is 1.21 bits per heavy atom. The van der Waals surface area contributed by atoms with E-state index < -0.39 is 0 Å². The number of fused-ring (bicyclic) bond motifs is 4. The maximum atomic E-state index is 13.1. The van der Waals surface area contributed by atoms with Crippen LogP contribution in [0.5, 0.6) is 0 Å². The predicted molar refractivity (Wildman–Crippen MR) is 106 cm³/mol. The van der Waals surface area contributed by atoms with Crippen molar-refractivity contribution in [2.45, 2.75) is 45.7 Å². The first-order chi connectivity index (χ1) is 13.5. The van der Waals surface area contributed by atoms with Crippen LogP contribution in [0.25, 0.3) is 0 Å². The van der Waals surface area contributed by atoms with E-state index in [0.29, 0.717) is 23.0 Å². The minimum atomic E-state index is -0.199. The number of piperidine rings is 1. The van der Waals surface area contributed by atoms with Crippen LogP contribution in [0, 0.1) is 19.8 Å². The van der Waals surface area contributed by atoms with Crippen molar-refractivity contribution < 1.29 is 4.79 Å². The van der Waals surface area contributed by atoms with Gasteiger partial charge >= 0.3 is 0 Å². The van der Waals surface area contributed by atoms with Gasteiger partial charge in [-0.25, -0.2) is 4.98 Å². The third kappa shape index (κ3) is 3.99. The highest BCUT2D eigenvalue weighted by molar-refractivity contribution is 5.79. The first-order valence-corrected chi connectivity index (χ1v) is 9.97. The normalized spacial score (nSPS) is 22.3. The summed E-state index contributed by atoms with van der Waals surface area (Å²) in [6.07, 6.45) is 4.13. The van der Waals surface area contributed by atoms with Crippen LogP contribution in [0.4, 0.5) is 0 Å². The maximum absolute atomic E-state index is 13.1. The first-order valence-electron chi connectivity index (χ1n) is 9.97. The molecule has 0 saturated carbocycles. The van der Waals surface area contributed by atoms with Crippen LogP contribution in [0.3, 0.4) is 0 Å². The van der Waals surface area contributed by atoms with Gasteiger partial charge in [-0.05, 0) is 44.7 Å². The molecule has 3 aliphatic rings. The zero-order valence-electron chi connectivity index (χ0n) is 16.5. The molecule has 3 fully saturated rings. The monoisotopic (exact) mass is 381 g/mol. The number of pyridine rings is 1. The van der Waals surface area contributed by atoms with Gasteiger partial charge in [-0.15, -0.1) is 0 Å². The molecule has 148 valence electrons. The summed E-state index contributed by atoms with van der Waals surface area (Å²) in [6.45, 7) is 7.00. The summed E-state index contributed by atoms with van der Waals surface area (Å²) in [5, 5.41) is 0. The number of amides is 1. The molecule has 2 atom stereocenters. The SMILES string of the molecule is Cc1nc(C)c(CC(=O)N2C[C@H]3CC[C@@H]2CN(Cc2ccccn2)C3)c(=O)[nH]1. The smallest absolute Gasteiger partial charge is 0.254 e. The lowest BCUT2D eigenvalue weighted by molar-refractivity contribution is -0.134. The summed E-state index contributed by atoms with van der Waals surface area (Å²) >= 11 is 0. The first kappa shape index (κ1) is 18.8. The van der Waals surface area contributed by atoms with E-state index in [4.69, 9.17) is 0 Å². The number of aromatic amines is 1. The fourth-order valence-corrected chi connectivity index (χ4v) is 4.55. The number of nitrogens with one attached hydrogen (secondary N) is 1. The lowest BCUT2D eigenvalue weighted by Crippen LogP contribution is -2.48. The Labute approximate surface area is 164 Å². The molecule has 2 aromatic rings. The molecule has 5 heterocycles. The fraction of sp³-hybridized carbons (Fsp3) is 0.524. The molecule has 7 heteroatoms. The standard InChI is InChI=1S/C21H27N5O2/c1-14-19(21(28)24-15(2)23-14)9-20(27)26-11-16-6-7-18(26)13-25(10-16)12-17-5-3-4-8-22-17/h3-5,8,16,18H,6-7,9-13H2,1-2H3,(H,23,24,28)/t16-,18+/m0/s1. The Morgan fingerprint density at radius 3 is 2.82 bits per heavy atom. The number of carbonyl (C=O) groups excluding carboxylic acids is 1. The number of aryl methyl sites for hydroxylation is 2. The minimum Gasteiger partial charge on any atom is -0.338 e. The van der Waals surface area contributed by atoms with Gasteiger partial charge < -0.3 is 9.88 Å². The maximum Gasteiger partial charge on any atom is 0.254 e. The number of nitrogens with zero attached hydrogens (tertiary/aromatic N) is 4. The van der Waals surface area contributed by atoms with Crippen LogP contribution in [0.2, 0.25) is 0 Å². The average molecular weight is 381 g/mol. The summed E-state index contributed by atoms with van der Waals surface area (Å²) < 4.78 is 0. The molecule has 0 aromatic carbocycles. The van der Waals surface area contributed by atoms with E-state index >= 15 is 0 Å². The highest BCUT2D eigenvalue weighted by Gasteiger charge is 2.37. The van der Waals surface area contributed by atoms with Gasteiger partial charge in [0.1, 0.15) is 5.82 Å². The molecule has 0 radical (unpaired) electrons. The van der Waals surface area contributed by atoms with Gasteiger partial charge in [-0.1, -0.05) is 6.07 Å². The van der Waals surface area contributed by atoms with E-state index in [1.165, 1.54) is 0 Å². The zero-order chi connectivity index (χ0) is 19.7. The van der Waals surface area contributed by atoms with Crippen LogP contribution < -0.4 is 5.56 Å². The Bertz CT molecular complexity index is 911. The zero-order valence-corrected chi connectivity index (χ0v) is 16.5. The molecule has 5 rings (SSSR count). The van der Waals surface area contributed by atoms with E-state index in [2.05, 4.69) is 25.9 Å². The molecule has 0 spiro atoms. The van der Waals surface area contributed by atoms with Gasteiger partial charge in [0.05, 0.1) is 12.1 Å². The van der Waals surface area contributed by atoms with E-state index in [-0.39, 0.29) is 23.9 Å². The van der Waals surface area contributed by atoms with Crippen LogP contribution in [-0.2, 0) is 17.8 Å². The van der Waals surface area contributed by atoms with Crippen LogP contribution in [0.1, 0.15) is 35.6 Å². The Hall–Kier alpha value is -2.54. The molecule has 3 saturated heterocycles. The van der Waals surface area contributed by atoms with Crippen molar-refractivity contribution in [3.8, 4) is 0 Å². The van der Waals surface area contributed by atoms with Crippen molar-refractivity contribution in [2.24, 2.45) is 5.92 Å². The average Bonchev–Trinajstić information content (AvgIpc) is 2.96. The second-order valence-electron chi connectivity index (χ2n) is 8.05. The van der Waals surface area contributed by atoms with Crippen LogP contribution in [-0.4, -0.2) is 56.3 Å². The topological polar surface area (TPSA) is 82.2 Å². The summed E-state index contributed by atoms with van der Waals surface area (Å²) in [4.78, 5) is 41.3. The van der Waals surface area contributed by atoms with E-state index in [1.54, 1.807) is 13.8 Å². The molecule has 2 aromatic heterocycles. The van der Waals surface area contributed by atoms with Crippen molar-refractivity contribution in [3.63, 3.8) is 0 Å². The van der Waals surface area contributed by atoms with Crippen LogP contribution in [0.15, 0.2) is 29.2 Å². The van der Waals surface area contributed by atoms with Crippen molar-refractivity contribution in [2.75, 3.05) is 19.6 Å². The third-order valence-corrected chi connectivity index (χ3v) is 5.89.